The molecule has 0 radical (unpaired) electrons. The second kappa shape index (κ2) is 3.33. The van der Waals surface area contributed by atoms with Gasteiger partial charge in [0.15, 0.2) is 0 Å². The van der Waals surface area contributed by atoms with Crippen molar-refractivity contribution >= 4 is 27.0 Å². The average molecular weight is 292 g/mol. The quantitative estimate of drug-likeness (QED) is 0.757. The molecule has 2 aromatic rings. The minimum atomic E-state index is 0.551. The molecule has 1 N–H and O–H groups in total. The molecule has 2 bridgehead atoms. The predicted octanol–water partition coefficient (Wildman–Crippen LogP) is 2.69. The summed E-state index contributed by atoms with van der Waals surface area (Å²) in [5.74, 6) is 0. The van der Waals surface area contributed by atoms with E-state index in [2.05, 4.69) is 43.9 Å². The van der Waals surface area contributed by atoms with Gasteiger partial charge < -0.3 is 9.88 Å². The number of aromatic nitrogens is 2. The maximum atomic E-state index is 4.62. The zero-order chi connectivity index (χ0) is 11.6. The van der Waals surface area contributed by atoms with Crippen LogP contribution in [0.4, 0.5) is 0 Å². The molecule has 2 aromatic heterocycles. The van der Waals surface area contributed by atoms with E-state index < -0.39 is 0 Å². The molecule has 4 rings (SSSR count). The number of halogens is 1. The molecule has 1 fully saturated rings. The highest BCUT2D eigenvalue weighted by Crippen LogP contribution is 2.41. The van der Waals surface area contributed by atoms with Gasteiger partial charge in [-0.05, 0) is 46.5 Å². The molecule has 0 amide bonds. The molecule has 2 atom stereocenters. The van der Waals surface area contributed by atoms with E-state index >= 15 is 0 Å². The number of rotatable bonds is 0. The molecule has 3 nitrogen and oxygen atoms in total. The highest BCUT2D eigenvalue weighted by atomic mass is 79.9. The highest BCUT2D eigenvalue weighted by molar-refractivity contribution is 9.10. The van der Waals surface area contributed by atoms with Crippen molar-refractivity contribution in [3.05, 3.63) is 28.0 Å². The van der Waals surface area contributed by atoms with Gasteiger partial charge in [-0.2, -0.15) is 0 Å². The Morgan fingerprint density at radius 1 is 1.41 bits per heavy atom. The molecule has 0 aromatic carbocycles. The number of fused-ring (bicyclic) bond motifs is 6. The van der Waals surface area contributed by atoms with E-state index in [1.807, 2.05) is 6.07 Å². The Bertz CT molecular complexity index is 617. The average Bonchev–Trinajstić information content (AvgIpc) is 2.82. The lowest BCUT2D eigenvalue weighted by Gasteiger charge is -2.22. The summed E-state index contributed by atoms with van der Waals surface area (Å²) in [7, 11) is 2.14. The van der Waals surface area contributed by atoms with Crippen molar-refractivity contribution in [1.29, 1.82) is 0 Å². The van der Waals surface area contributed by atoms with Gasteiger partial charge in [-0.25, -0.2) is 4.98 Å². The van der Waals surface area contributed by atoms with Crippen molar-refractivity contribution in [3.63, 3.8) is 0 Å². The fourth-order valence-corrected chi connectivity index (χ4v) is 3.73. The second-order valence-corrected chi connectivity index (χ2v) is 5.93. The first-order valence-electron chi connectivity index (χ1n) is 6.14. The Hall–Kier alpha value is -0.870. The van der Waals surface area contributed by atoms with Gasteiger partial charge in [0, 0.05) is 36.6 Å². The van der Waals surface area contributed by atoms with Crippen LogP contribution in [0.3, 0.4) is 0 Å². The largest absolute Gasteiger partial charge is 0.332 e. The fraction of sp³-hybridized carbons (Fsp3) is 0.462. The lowest BCUT2D eigenvalue weighted by atomic mass is 10.00. The van der Waals surface area contributed by atoms with Crippen molar-refractivity contribution < 1.29 is 0 Å². The van der Waals surface area contributed by atoms with Gasteiger partial charge >= 0.3 is 0 Å². The van der Waals surface area contributed by atoms with Gasteiger partial charge in [-0.3, -0.25) is 0 Å². The molecular formula is C13H14BrN3. The van der Waals surface area contributed by atoms with E-state index in [4.69, 9.17) is 0 Å². The third kappa shape index (κ3) is 1.28. The standard InChI is InChI=1S/C13H14BrN3/c1-17-10-6-7-2-4-9(15-7)12(10)8-3-5-11(14)16-13(8)17/h3,5,7,9,15H,2,4,6H2,1H3. The van der Waals surface area contributed by atoms with Crippen LogP contribution in [-0.4, -0.2) is 15.6 Å². The predicted molar refractivity (Wildman–Crippen MR) is 71.0 cm³/mol. The van der Waals surface area contributed by atoms with E-state index in [1.165, 1.54) is 29.5 Å². The molecule has 2 unspecified atom stereocenters. The summed E-state index contributed by atoms with van der Waals surface area (Å²) < 4.78 is 3.20. The number of pyridine rings is 1. The van der Waals surface area contributed by atoms with Crippen LogP contribution in [-0.2, 0) is 13.5 Å². The number of nitrogens with one attached hydrogen (secondary N) is 1. The Morgan fingerprint density at radius 3 is 3.18 bits per heavy atom. The van der Waals surface area contributed by atoms with E-state index in [9.17, 15) is 0 Å². The fourth-order valence-electron chi connectivity index (χ4n) is 3.43. The smallest absolute Gasteiger partial charge is 0.141 e. The maximum absolute atomic E-state index is 4.62. The Kier molecular flexibility index (Phi) is 1.97. The van der Waals surface area contributed by atoms with Gasteiger partial charge in [-0.1, -0.05) is 0 Å². The monoisotopic (exact) mass is 291 g/mol. The van der Waals surface area contributed by atoms with Crippen LogP contribution in [0.25, 0.3) is 11.0 Å². The number of hydrogen-bond donors (Lipinski definition) is 1. The van der Waals surface area contributed by atoms with Crippen LogP contribution < -0.4 is 5.32 Å². The van der Waals surface area contributed by atoms with Gasteiger partial charge in [0.25, 0.3) is 0 Å². The summed E-state index contributed by atoms with van der Waals surface area (Å²) in [4.78, 5) is 4.62. The Balaban J connectivity index is 2.08. The highest BCUT2D eigenvalue weighted by Gasteiger charge is 2.35. The molecule has 0 aliphatic carbocycles. The number of nitrogens with zero attached hydrogens (tertiary/aromatic N) is 2. The second-order valence-electron chi connectivity index (χ2n) is 5.12. The van der Waals surface area contributed by atoms with Crippen molar-refractivity contribution in [1.82, 2.24) is 14.9 Å². The van der Waals surface area contributed by atoms with Crippen molar-refractivity contribution in [2.24, 2.45) is 7.05 Å². The first-order chi connectivity index (χ1) is 8.24. The van der Waals surface area contributed by atoms with Crippen molar-refractivity contribution in [2.45, 2.75) is 31.3 Å². The lowest BCUT2D eigenvalue weighted by molar-refractivity contribution is 0.503. The van der Waals surface area contributed by atoms with E-state index in [0.29, 0.717) is 12.1 Å². The summed E-state index contributed by atoms with van der Waals surface area (Å²) >= 11 is 3.46. The zero-order valence-corrected chi connectivity index (χ0v) is 11.3. The molecule has 4 heterocycles. The minimum absolute atomic E-state index is 0.551. The Labute approximate surface area is 108 Å². The molecule has 4 heteroatoms. The van der Waals surface area contributed by atoms with Crippen molar-refractivity contribution in [3.8, 4) is 0 Å². The van der Waals surface area contributed by atoms with Gasteiger partial charge in [0.05, 0.1) is 0 Å². The molecule has 0 saturated carbocycles. The molecule has 2 aliphatic rings. The molecule has 1 saturated heterocycles. The Morgan fingerprint density at radius 2 is 2.29 bits per heavy atom. The van der Waals surface area contributed by atoms with E-state index in [-0.39, 0.29) is 0 Å². The third-order valence-electron chi connectivity index (χ3n) is 4.19. The summed E-state index contributed by atoms with van der Waals surface area (Å²) in [5, 5.41) is 5.04. The minimum Gasteiger partial charge on any atom is -0.332 e. The summed E-state index contributed by atoms with van der Waals surface area (Å²) in [5.41, 5.74) is 4.09. The van der Waals surface area contributed by atoms with Crippen LogP contribution in [0.1, 0.15) is 30.1 Å². The van der Waals surface area contributed by atoms with Crippen molar-refractivity contribution in [2.75, 3.05) is 0 Å². The van der Waals surface area contributed by atoms with Gasteiger partial charge in [-0.15, -0.1) is 0 Å². The van der Waals surface area contributed by atoms with Crippen LogP contribution in [0.2, 0.25) is 0 Å². The molecule has 17 heavy (non-hydrogen) atoms. The first kappa shape index (κ1) is 10.1. The normalized spacial score (nSPS) is 26.5. The van der Waals surface area contributed by atoms with Crippen LogP contribution in [0, 0.1) is 0 Å². The molecule has 2 aliphatic heterocycles. The SMILES string of the molecule is Cn1c2c(c3ccc(Br)nc31)C1CCC(C2)N1. The number of aryl methyl sites for hydroxylation is 1. The summed E-state index contributed by atoms with van der Waals surface area (Å²) in [6, 6.07) is 5.48. The van der Waals surface area contributed by atoms with E-state index in [0.717, 1.165) is 16.7 Å². The molecule has 88 valence electrons. The van der Waals surface area contributed by atoms with E-state index in [1.54, 1.807) is 0 Å². The zero-order valence-electron chi connectivity index (χ0n) is 9.70. The van der Waals surface area contributed by atoms with Crippen LogP contribution >= 0.6 is 15.9 Å². The third-order valence-corrected chi connectivity index (χ3v) is 4.64. The maximum Gasteiger partial charge on any atom is 0.141 e. The summed E-state index contributed by atoms with van der Waals surface area (Å²) in [6.07, 6.45) is 3.73. The topological polar surface area (TPSA) is 29.9 Å². The molecule has 0 spiro atoms. The van der Waals surface area contributed by atoms with Crippen LogP contribution in [0.5, 0.6) is 0 Å². The molecular weight excluding hydrogens is 278 g/mol. The lowest BCUT2D eigenvalue weighted by Crippen LogP contribution is -2.32. The van der Waals surface area contributed by atoms with Gasteiger partial charge in [0.1, 0.15) is 10.3 Å². The summed E-state index contributed by atoms with van der Waals surface area (Å²) in [6.45, 7) is 0. The first-order valence-corrected chi connectivity index (χ1v) is 6.93. The number of hydrogen-bond acceptors (Lipinski definition) is 2. The van der Waals surface area contributed by atoms with Crippen LogP contribution in [0.15, 0.2) is 16.7 Å². The van der Waals surface area contributed by atoms with Gasteiger partial charge in [0.2, 0.25) is 0 Å².